The average Bonchev–Trinajstić information content (AvgIpc) is 3.22. The summed E-state index contributed by atoms with van der Waals surface area (Å²) in [6, 6.07) is 10.3. The molecule has 9 heteroatoms. The van der Waals surface area contributed by atoms with Crippen molar-refractivity contribution < 1.29 is 22.7 Å². The molecule has 0 bridgehead atoms. The summed E-state index contributed by atoms with van der Waals surface area (Å²) in [4.78, 5) is 12.8. The quantitative estimate of drug-likeness (QED) is 0.704. The van der Waals surface area contributed by atoms with Gasteiger partial charge in [0.2, 0.25) is 0 Å². The van der Waals surface area contributed by atoms with Gasteiger partial charge in [-0.1, -0.05) is 6.42 Å². The van der Waals surface area contributed by atoms with Crippen LogP contribution < -0.4 is 14.8 Å². The zero-order valence-electron chi connectivity index (χ0n) is 15.7. The number of sulfonamides is 1. The monoisotopic (exact) mass is 424 g/mol. The molecule has 1 fully saturated rings. The largest absolute Gasteiger partial charge is 0.497 e. The fourth-order valence-corrected chi connectivity index (χ4v) is 5.85. The van der Waals surface area contributed by atoms with Gasteiger partial charge in [-0.05, 0) is 49.2 Å². The predicted molar refractivity (Wildman–Crippen MR) is 107 cm³/mol. The number of methoxy groups -OCH3 is 1. The van der Waals surface area contributed by atoms with Gasteiger partial charge in [-0.2, -0.15) is 4.31 Å². The van der Waals surface area contributed by atoms with Crippen molar-refractivity contribution in [2.45, 2.75) is 30.0 Å². The topological polar surface area (TPSA) is 84.9 Å². The van der Waals surface area contributed by atoms with Crippen LogP contribution in [0.2, 0.25) is 0 Å². The molecule has 2 aromatic rings. The standard InChI is InChI=1S/C19H24N2O5S2/c1-25-15-5-7-16(8-6-15)26-14-18(22)20-13-17-9-10-19(27-17)28(23,24)21-11-3-2-4-12-21/h5-10H,2-4,11-14H2,1H3,(H,20,22). The number of thiophene rings is 1. The molecule has 0 radical (unpaired) electrons. The number of amides is 1. The van der Waals surface area contributed by atoms with Crippen molar-refractivity contribution in [1.82, 2.24) is 9.62 Å². The van der Waals surface area contributed by atoms with Crippen molar-refractivity contribution in [3.8, 4) is 11.5 Å². The van der Waals surface area contributed by atoms with Gasteiger partial charge in [0.1, 0.15) is 15.7 Å². The molecule has 1 aromatic heterocycles. The molecule has 2 heterocycles. The Kier molecular flexibility index (Phi) is 6.93. The molecule has 28 heavy (non-hydrogen) atoms. The van der Waals surface area contributed by atoms with Gasteiger partial charge >= 0.3 is 0 Å². The van der Waals surface area contributed by atoms with Gasteiger partial charge in [0.25, 0.3) is 15.9 Å². The minimum absolute atomic E-state index is 0.114. The van der Waals surface area contributed by atoms with Gasteiger partial charge in [-0.3, -0.25) is 4.79 Å². The summed E-state index contributed by atoms with van der Waals surface area (Å²) in [6.45, 7) is 1.31. The molecule has 152 valence electrons. The Labute approximate surface area is 169 Å². The fourth-order valence-electron chi connectivity index (χ4n) is 2.88. The van der Waals surface area contributed by atoms with Gasteiger partial charge in [0.15, 0.2) is 6.61 Å². The van der Waals surface area contributed by atoms with E-state index in [0.717, 1.165) is 24.1 Å². The molecule has 1 aliphatic heterocycles. The highest BCUT2D eigenvalue weighted by Crippen LogP contribution is 2.27. The summed E-state index contributed by atoms with van der Waals surface area (Å²) in [5, 5.41) is 2.75. The van der Waals surface area contributed by atoms with Crippen LogP contribution in [0.1, 0.15) is 24.1 Å². The smallest absolute Gasteiger partial charge is 0.258 e. The third kappa shape index (κ3) is 5.24. The lowest BCUT2D eigenvalue weighted by molar-refractivity contribution is -0.123. The van der Waals surface area contributed by atoms with Crippen molar-refractivity contribution in [3.05, 3.63) is 41.3 Å². The normalized spacial score (nSPS) is 15.2. The van der Waals surface area contributed by atoms with Crippen LogP contribution in [0.5, 0.6) is 11.5 Å². The van der Waals surface area contributed by atoms with E-state index in [2.05, 4.69) is 5.32 Å². The molecular weight excluding hydrogens is 400 g/mol. The summed E-state index contributed by atoms with van der Waals surface area (Å²) >= 11 is 1.19. The lowest BCUT2D eigenvalue weighted by atomic mass is 10.2. The summed E-state index contributed by atoms with van der Waals surface area (Å²) in [5.74, 6) is 1.01. The first-order valence-corrected chi connectivity index (χ1v) is 11.4. The van der Waals surface area contributed by atoms with Crippen LogP contribution in [0.4, 0.5) is 0 Å². The van der Waals surface area contributed by atoms with E-state index < -0.39 is 10.0 Å². The summed E-state index contributed by atoms with van der Waals surface area (Å²) in [5.41, 5.74) is 0. The maximum atomic E-state index is 12.7. The van der Waals surface area contributed by atoms with Crippen LogP contribution in [0.15, 0.2) is 40.6 Å². The summed E-state index contributed by atoms with van der Waals surface area (Å²) in [7, 11) is -1.85. The third-order valence-corrected chi connectivity index (χ3v) is 7.89. The molecule has 1 aliphatic rings. The molecule has 0 aliphatic carbocycles. The van der Waals surface area contributed by atoms with Crippen molar-refractivity contribution in [2.24, 2.45) is 0 Å². The summed E-state index contributed by atoms with van der Waals surface area (Å²) < 4.78 is 37.7. The van der Waals surface area contributed by atoms with E-state index in [-0.39, 0.29) is 19.1 Å². The maximum Gasteiger partial charge on any atom is 0.258 e. The van der Waals surface area contributed by atoms with E-state index in [1.807, 2.05) is 0 Å². The number of carbonyl (C=O) groups is 1. The second-order valence-corrected chi connectivity index (χ2v) is 9.76. The number of rotatable bonds is 8. The Morgan fingerprint density at radius 3 is 2.43 bits per heavy atom. The molecular formula is C19H24N2O5S2. The number of hydrogen-bond acceptors (Lipinski definition) is 6. The fraction of sp³-hybridized carbons (Fsp3) is 0.421. The van der Waals surface area contributed by atoms with E-state index in [1.54, 1.807) is 47.8 Å². The van der Waals surface area contributed by atoms with Crippen LogP contribution in [-0.2, 0) is 21.4 Å². The van der Waals surface area contributed by atoms with E-state index >= 15 is 0 Å². The van der Waals surface area contributed by atoms with Gasteiger partial charge in [0, 0.05) is 18.0 Å². The molecule has 1 amide bonds. The van der Waals surface area contributed by atoms with E-state index in [1.165, 1.54) is 11.3 Å². The van der Waals surface area contributed by atoms with E-state index in [0.29, 0.717) is 28.8 Å². The SMILES string of the molecule is COc1ccc(OCC(=O)NCc2ccc(S(=O)(=O)N3CCCCC3)s2)cc1. The molecule has 7 nitrogen and oxygen atoms in total. The number of nitrogens with one attached hydrogen (secondary N) is 1. The first kappa shape index (κ1) is 20.6. The summed E-state index contributed by atoms with van der Waals surface area (Å²) in [6.07, 6.45) is 2.88. The Bertz CT molecular complexity index is 887. The van der Waals surface area contributed by atoms with E-state index in [9.17, 15) is 13.2 Å². The molecule has 3 rings (SSSR count). The van der Waals surface area contributed by atoms with Gasteiger partial charge < -0.3 is 14.8 Å². The minimum atomic E-state index is -3.43. The van der Waals surface area contributed by atoms with Crippen LogP contribution >= 0.6 is 11.3 Å². The van der Waals surface area contributed by atoms with Crippen LogP contribution in [0.3, 0.4) is 0 Å². The second kappa shape index (κ2) is 9.40. The molecule has 1 aromatic carbocycles. The highest BCUT2D eigenvalue weighted by atomic mass is 32.2. The highest BCUT2D eigenvalue weighted by Gasteiger charge is 2.27. The number of piperidine rings is 1. The average molecular weight is 425 g/mol. The Morgan fingerprint density at radius 2 is 1.75 bits per heavy atom. The van der Waals surface area contributed by atoms with E-state index in [4.69, 9.17) is 9.47 Å². The van der Waals surface area contributed by atoms with Crippen LogP contribution in [0.25, 0.3) is 0 Å². The third-order valence-electron chi connectivity index (χ3n) is 4.44. The van der Waals surface area contributed by atoms with Gasteiger partial charge in [-0.15, -0.1) is 11.3 Å². The van der Waals surface area contributed by atoms with Crippen LogP contribution in [0, 0.1) is 0 Å². The van der Waals surface area contributed by atoms with Crippen molar-refractivity contribution >= 4 is 27.3 Å². The Hall–Kier alpha value is -2.10. The number of nitrogens with zero attached hydrogens (tertiary/aromatic N) is 1. The van der Waals surface area contributed by atoms with Crippen molar-refractivity contribution in [3.63, 3.8) is 0 Å². The molecule has 0 saturated carbocycles. The zero-order chi connectivity index (χ0) is 20.0. The van der Waals surface area contributed by atoms with Gasteiger partial charge in [-0.25, -0.2) is 8.42 Å². The number of benzene rings is 1. The first-order valence-electron chi connectivity index (χ1n) is 9.11. The second-order valence-electron chi connectivity index (χ2n) is 6.43. The minimum Gasteiger partial charge on any atom is -0.497 e. The number of hydrogen-bond donors (Lipinski definition) is 1. The molecule has 1 saturated heterocycles. The lowest BCUT2D eigenvalue weighted by Crippen LogP contribution is -2.35. The Morgan fingerprint density at radius 1 is 1.07 bits per heavy atom. The first-order chi connectivity index (χ1) is 13.5. The molecule has 0 atom stereocenters. The zero-order valence-corrected chi connectivity index (χ0v) is 17.4. The van der Waals surface area contributed by atoms with Gasteiger partial charge in [0.05, 0.1) is 13.7 Å². The maximum absolute atomic E-state index is 12.7. The number of carbonyl (C=O) groups excluding carboxylic acids is 1. The molecule has 1 N–H and O–H groups in total. The van der Waals surface area contributed by atoms with Crippen LogP contribution in [-0.4, -0.2) is 45.4 Å². The van der Waals surface area contributed by atoms with Crippen molar-refractivity contribution in [2.75, 3.05) is 26.8 Å². The molecule has 0 unspecified atom stereocenters. The Balaban J connectivity index is 1.48. The highest BCUT2D eigenvalue weighted by molar-refractivity contribution is 7.91. The predicted octanol–water partition coefficient (Wildman–Crippen LogP) is 2.63. The van der Waals surface area contributed by atoms with Crippen molar-refractivity contribution in [1.29, 1.82) is 0 Å². The number of ether oxygens (including phenoxy) is 2. The molecule has 0 spiro atoms. The lowest BCUT2D eigenvalue weighted by Gasteiger charge is -2.25.